The van der Waals surface area contributed by atoms with Crippen molar-refractivity contribution in [3.05, 3.63) is 66.2 Å². The first kappa shape index (κ1) is 17.0. The number of thioether (sulfide) groups is 1. The molecule has 3 nitrogen and oxygen atoms in total. The van der Waals surface area contributed by atoms with Crippen molar-refractivity contribution >= 4 is 11.8 Å². The van der Waals surface area contributed by atoms with Crippen LogP contribution in [0.3, 0.4) is 0 Å². The van der Waals surface area contributed by atoms with E-state index >= 15 is 0 Å². The summed E-state index contributed by atoms with van der Waals surface area (Å²) in [4.78, 5) is 1.15. The Morgan fingerprint density at radius 1 is 1.00 bits per heavy atom. The normalized spacial score (nSPS) is 13.7. The van der Waals surface area contributed by atoms with Crippen molar-refractivity contribution in [2.75, 3.05) is 13.7 Å². The maximum absolute atomic E-state index is 9.52. The van der Waals surface area contributed by atoms with Crippen LogP contribution in [0, 0.1) is 0 Å². The van der Waals surface area contributed by atoms with Crippen molar-refractivity contribution in [2.24, 2.45) is 0 Å². The Morgan fingerprint density at radius 2 is 1.64 bits per heavy atom. The fraction of sp³-hybridized carbons (Fsp3) is 0.333. The molecule has 0 bridgehead atoms. The molecule has 0 saturated heterocycles. The van der Waals surface area contributed by atoms with Crippen LogP contribution in [-0.4, -0.2) is 30.4 Å². The lowest BCUT2D eigenvalue weighted by Gasteiger charge is -2.21. The van der Waals surface area contributed by atoms with Crippen LogP contribution in [0.4, 0.5) is 0 Å². The van der Waals surface area contributed by atoms with E-state index in [1.54, 1.807) is 18.9 Å². The zero-order chi connectivity index (χ0) is 15.6. The van der Waals surface area contributed by atoms with E-state index in [4.69, 9.17) is 9.47 Å². The van der Waals surface area contributed by atoms with Gasteiger partial charge in [-0.25, -0.2) is 0 Å². The SMILES string of the molecule is COC(CC(CO)OCc1ccccc1)Sc1ccccc1. The summed E-state index contributed by atoms with van der Waals surface area (Å²) in [6.45, 7) is 0.487. The van der Waals surface area contributed by atoms with Crippen LogP contribution < -0.4 is 0 Å². The van der Waals surface area contributed by atoms with Gasteiger partial charge < -0.3 is 14.6 Å². The summed E-state index contributed by atoms with van der Waals surface area (Å²) in [6, 6.07) is 20.1. The first-order valence-corrected chi connectivity index (χ1v) is 8.20. The fourth-order valence-electron chi connectivity index (χ4n) is 2.04. The van der Waals surface area contributed by atoms with E-state index in [0.717, 1.165) is 10.5 Å². The van der Waals surface area contributed by atoms with Gasteiger partial charge in [0.2, 0.25) is 0 Å². The molecule has 118 valence electrons. The number of aliphatic hydroxyl groups is 1. The minimum Gasteiger partial charge on any atom is -0.394 e. The Bertz CT molecular complexity index is 518. The van der Waals surface area contributed by atoms with E-state index in [1.165, 1.54) is 0 Å². The van der Waals surface area contributed by atoms with E-state index < -0.39 is 0 Å². The molecule has 2 atom stereocenters. The quantitative estimate of drug-likeness (QED) is 0.565. The highest BCUT2D eigenvalue weighted by Gasteiger charge is 2.17. The molecule has 2 unspecified atom stereocenters. The minimum absolute atomic E-state index is 0.0119. The molecule has 0 amide bonds. The Kier molecular flexibility index (Phi) is 7.46. The minimum atomic E-state index is -0.235. The monoisotopic (exact) mass is 318 g/mol. The molecule has 0 aromatic heterocycles. The molecule has 2 rings (SSSR count). The number of methoxy groups -OCH3 is 1. The zero-order valence-electron chi connectivity index (χ0n) is 12.7. The summed E-state index contributed by atoms with van der Waals surface area (Å²) in [5, 5.41) is 9.52. The summed E-state index contributed by atoms with van der Waals surface area (Å²) in [7, 11) is 1.69. The average Bonchev–Trinajstić information content (AvgIpc) is 2.59. The fourth-order valence-corrected chi connectivity index (χ4v) is 3.07. The third kappa shape index (κ3) is 5.81. The number of rotatable bonds is 9. The van der Waals surface area contributed by atoms with Gasteiger partial charge in [0.25, 0.3) is 0 Å². The number of hydrogen-bond acceptors (Lipinski definition) is 4. The molecular formula is C18H22O3S. The van der Waals surface area contributed by atoms with Crippen LogP contribution in [0.5, 0.6) is 0 Å². The maximum atomic E-state index is 9.52. The van der Waals surface area contributed by atoms with E-state index in [9.17, 15) is 5.11 Å². The average molecular weight is 318 g/mol. The number of hydrogen-bond donors (Lipinski definition) is 1. The van der Waals surface area contributed by atoms with Crippen LogP contribution in [-0.2, 0) is 16.1 Å². The highest BCUT2D eigenvalue weighted by atomic mass is 32.2. The Morgan fingerprint density at radius 3 is 2.23 bits per heavy atom. The van der Waals surface area contributed by atoms with E-state index in [2.05, 4.69) is 12.1 Å². The molecule has 0 saturated carbocycles. The number of benzene rings is 2. The molecule has 0 radical (unpaired) electrons. The molecule has 0 heterocycles. The standard InChI is InChI=1S/C18H22O3S/c1-20-18(22-17-10-6-3-7-11-17)12-16(13-19)21-14-15-8-4-2-5-9-15/h2-11,16,18-19H,12-14H2,1H3. The van der Waals surface area contributed by atoms with Gasteiger partial charge in [0.1, 0.15) is 5.44 Å². The topological polar surface area (TPSA) is 38.7 Å². The predicted octanol–water partition coefficient (Wildman–Crippen LogP) is 3.72. The van der Waals surface area contributed by atoms with Crippen LogP contribution in [0.2, 0.25) is 0 Å². The van der Waals surface area contributed by atoms with Crippen molar-refractivity contribution in [3.63, 3.8) is 0 Å². The van der Waals surface area contributed by atoms with Crippen LogP contribution in [0.25, 0.3) is 0 Å². The van der Waals surface area contributed by atoms with E-state index in [1.807, 2.05) is 48.5 Å². The molecule has 2 aromatic carbocycles. The van der Waals surface area contributed by atoms with Gasteiger partial charge in [-0.1, -0.05) is 60.3 Å². The molecule has 0 spiro atoms. The highest BCUT2D eigenvalue weighted by Crippen LogP contribution is 2.27. The molecule has 0 aliphatic rings. The molecule has 1 N–H and O–H groups in total. The van der Waals surface area contributed by atoms with Crippen LogP contribution in [0.15, 0.2) is 65.6 Å². The summed E-state index contributed by atoms with van der Waals surface area (Å²) in [5.74, 6) is 0. The molecule has 2 aromatic rings. The first-order valence-electron chi connectivity index (χ1n) is 7.32. The largest absolute Gasteiger partial charge is 0.394 e. The lowest BCUT2D eigenvalue weighted by molar-refractivity contribution is -0.0191. The molecule has 22 heavy (non-hydrogen) atoms. The van der Waals surface area contributed by atoms with Gasteiger partial charge in [-0.05, 0) is 17.7 Å². The lowest BCUT2D eigenvalue weighted by atomic mass is 10.2. The molecule has 0 aliphatic heterocycles. The Hall–Kier alpha value is -1.33. The summed E-state index contributed by atoms with van der Waals surface area (Å²) in [6.07, 6.45) is 0.403. The van der Waals surface area contributed by atoms with Crippen molar-refractivity contribution in [1.29, 1.82) is 0 Å². The van der Waals surface area contributed by atoms with Gasteiger partial charge in [0.15, 0.2) is 0 Å². The second kappa shape index (κ2) is 9.64. The highest BCUT2D eigenvalue weighted by molar-refractivity contribution is 7.99. The third-order valence-electron chi connectivity index (χ3n) is 3.26. The molecule has 0 aliphatic carbocycles. The summed E-state index contributed by atoms with van der Waals surface area (Å²) in [5.41, 5.74) is 1.06. The summed E-state index contributed by atoms with van der Waals surface area (Å²) >= 11 is 1.64. The molecule has 4 heteroatoms. The van der Waals surface area contributed by atoms with Gasteiger partial charge in [-0.3, -0.25) is 0 Å². The predicted molar refractivity (Wildman–Crippen MR) is 89.8 cm³/mol. The zero-order valence-corrected chi connectivity index (χ0v) is 13.5. The van der Waals surface area contributed by atoms with Crippen molar-refractivity contribution in [2.45, 2.75) is 29.5 Å². The van der Waals surface area contributed by atoms with Gasteiger partial charge >= 0.3 is 0 Å². The van der Waals surface area contributed by atoms with Crippen molar-refractivity contribution in [3.8, 4) is 0 Å². The maximum Gasteiger partial charge on any atom is 0.109 e. The number of ether oxygens (including phenoxy) is 2. The second-order valence-corrected chi connectivity index (χ2v) is 6.17. The second-order valence-electron chi connectivity index (χ2n) is 4.93. The van der Waals surface area contributed by atoms with E-state index in [-0.39, 0.29) is 18.1 Å². The van der Waals surface area contributed by atoms with Gasteiger partial charge in [0.05, 0.1) is 19.3 Å². The lowest BCUT2D eigenvalue weighted by Crippen LogP contribution is -2.23. The Balaban J connectivity index is 1.84. The van der Waals surface area contributed by atoms with Gasteiger partial charge in [-0.2, -0.15) is 0 Å². The van der Waals surface area contributed by atoms with Gasteiger partial charge in [-0.15, -0.1) is 0 Å². The third-order valence-corrected chi connectivity index (χ3v) is 4.45. The summed E-state index contributed by atoms with van der Waals surface area (Å²) < 4.78 is 11.3. The van der Waals surface area contributed by atoms with E-state index in [0.29, 0.717) is 13.0 Å². The van der Waals surface area contributed by atoms with Gasteiger partial charge in [0, 0.05) is 18.4 Å². The molecular weight excluding hydrogens is 296 g/mol. The smallest absolute Gasteiger partial charge is 0.109 e. The van der Waals surface area contributed by atoms with Crippen LogP contribution in [0.1, 0.15) is 12.0 Å². The van der Waals surface area contributed by atoms with Crippen LogP contribution >= 0.6 is 11.8 Å². The van der Waals surface area contributed by atoms with Crippen molar-refractivity contribution < 1.29 is 14.6 Å². The van der Waals surface area contributed by atoms with Crippen molar-refractivity contribution in [1.82, 2.24) is 0 Å². The first-order chi connectivity index (χ1) is 10.8. The molecule has 0 fully saturated rings. The number of aliphatic hydroxyl groups excluding tert-OH is 1. The Labute approximate surface area is 136 Å².